The van der Waals surface area contributed by atoms with Crippen molar-refractivity contribution >= 4 is 33.9 Å². The van der Waals surface area contributed by atoms with E-state index in [1.807, 2.05) is 44.2 Å². The molecule has 23 heavy (non-hydrogen) atoms. The normalized spacial score (nSPS) is 10.6. The number of aromatic nitrogens is 1. The Morgan fingerprint density at radius 3 is 2.61 bits per heavy atom. The fourth-order valence-electron chi connectivity index (χ4n) is 2.59. The first-order chi connectivity index (χ1) is 11.0. The molecular formula is C19H19N3O. The third kappa shape index (κ3) is 3.31. The predicted molar refractivity (Wildman–Crippen MR) is 95.2 cm³/mol. The van der Waals surface area contributed by atoms with E-state index >= 15 is 0 Å². The van der Waals surface area contributed by atoms with Gasteiger partial charge in [-0.3, -0.25) is 4.79 Å². The molecule has 2 aromatic carbocycles. The molecule has 3 aromatic rings. The smallest absolute Gasteiger partial charge is 0.221 e. The number of nitrogens with zero attached hydrogens (tertiary/aromatic N) is 1. The van der Waals surface area contributed by atoms with Gasteiger partial charge in [0.25, 0.3) is 0 Å². The van der Waals surface area contributed by atoms with Gasteiger partial charge < -0.3 is 10.6 Å². The quantitative estimate of drug-likeness (QED) is 0.746. The molecule has 2 N–H and O–H groups in total. The minimum Gasteiger partial charge on any atom is -0.339 e. The minimum atomic E-state index is -0.0843. The third-order valence-electron chi connectivity index (χ3n) is 3.68. The highest BCUT2D eigenvalue weighted by atomic mass is 16.1. The average Bonchev–Trinajstić information content (AvgIpc) is 2.50. The van der Waals surface area contributed by atoms with Gasteiger partial charge in [-0.2, -0.15) is 0 Å². The van der Waals surface area contributed by atoms with E-state index in [-0.39, 0.29) is 5.91 Å². The zero-order valence-corrected chi connectivity index (χ0v) is 13.5. The lowest BCUT2D eigenvalue weighted by Gasteiger charge is -2.14. The summed E-state index contributed by atoms with van der Waals surface area (Å²) in [5.74, 6) is 0.739. The standard InChI is InChI=1S/C19H19N3O/c1-12-8-9-16(21-14(3)23)11-18(12)22-19-17-7-5-4-6-15(17)10-13(2)20-19/h4-11H,1-3H3,(H,20,22)(H,21,23). The van der Waals surface area contributed by atoms with Crippen molar-refractivity contribution < 1.29 is 4.79 Å². The molecule has 0 unspecified atom stereocenters. The van der Waals surface area contributed by atoms with Crippen LogP contribution in [0.25, 0.3) is 10.8 Å². The number of nitrogens with one attached hydrogen (secondary N) is 2. The van der Waals surface area contributed by atoms with Crippen molar-refractivity contribution in [3.05, 3.63) is 59.8 Å². The molecule has 4 heteroatoms. The van der Waals surface area contributed by atoms with Crippen LogP contribution in [0.4, 0.5) is 17.2 Å². The van der Waals surface area contributed by atoms with Crippen molar-refractivity contribution in [2.75, 3.05) is 10.6 Å². The van der Waals surface area contributed by atoms with Crippen LogP contribution in [-0.2, 0) is 4.79 Å². The highest BCUT2D eigenvalue weighted by molar-refractivity contribution is 5.94. The van der Waals surface area contributed by atoms with Gasteiger partial charge in [0.1, 0.15) is 5.82 Å². The van der Waals surface area contributed by atoms with E-state index < -0.39 is 0 Å². The molecule has 0 saturated carbocycles. The molecule has 0 fully saturated rings. The maximum Gasteiger partial charge on any atom is 0.221 e. The van der Waals surface area contributed by atoms with Crippen LogP contribution in [-0.4, -0.2) is 10.9 Å². The summed E-state index contributed by atoms with van der Waals surface area (Å²) in [6, 6.07) is 16.0. The second kappa shape index (κ2) is 6.08. The fraction of sp³-hybridized carbons (Fsp3) is 0.158. The van der Waals surface area contributed by atoms with E-state index in [0.29, 0.717) is 0 Å². The SMILES string of the molecule is CC(=O)Nc1ccc(C)c(Nc2nc(C)cc3ccccc23)c1. The fourth-order valence-corrected chi connectivity index (χ4v) is 2.59. The van der Waals surface area contributed by atoms with Crippen molar-refractivity contribution in [3.63, 3.8) is 0 Å². The first-order valence-corrected chi connectivity index (χ1v) is 7.54. The van der Waals surface area contributed by atoms with E-state index in [1.54, 1.807) is 0 Å². The Kier molecular flexibility index (Phi) is 3.98. The average molecular weight is 305 g/mol. The maximum atomic E-state index is 11.2. The van der Waals surface area contributed by atoms with Gasteiger partial charge in [-0.1, -0.05) is 30.3 Å². The lowest BCUT2D eigenvalue weighted by atomic mass is 10.1. The number of carbonyl (C=O) groups is 1. The monoisotopic (exact) mass is 305 g/mol. The van der Waals surface area contributed by atoms with Gasteiger partial charge in [0.15, 0.2) is 0 Å². The number of carbonyl (C=O) groups excluding carboxylic acids is 1. The first kappa shape index (κ1) is 15.0. The highest BCUT2D eigenvalue weighted by Crippen LogP contribution is 2.28. The molecule has 0 aliphatic heterocycles. The van der Waals surface area contributed by atoms with Crippen molar-refractivity contribution in [1.29, 1.82) is 0 Å². The summed E-state index contributed by atoms with van der Waals surface area (Å²) in [6.07, 6.45) is 0. The number of pyridine rings is 1. The lowest BCUT2D eigenvalue weighted by molar-refractivity contribution is -0.114. The van der Waals surface area contributed by atoms with Gasteiger partial charge in [0.2, 0.25) is 5.91 Å². The largest absolute Gasteiger partial charge is 0.339 e. The summed E-state index contributed by atoms with van der Waals surface area (Å²) in [5, 5.41) is 8.44. The summed E-state index contributed by atoms with van der Waals surface area (Å²) in [4.78, 5) is 15.9. The van der Waals surface area contributed by atoms with Gasteiger partial charge in [-0.05, 0) is 43.0 Å². The highest BCUT2D eigenvalue weighted by Gasteiger charge is 2.07. The molecule has 0 aliphatic rings. The molecule has 4 nitrogen and oxygen atoms in total. The molecule has 1 heterocycles. The molecule has 3 rings (SSSR count). The van der Waals surface area contributed by atoms with Crippen molar-refractivity contribution in [2.45, 2.75) is 20.8 Å². The Hall–Kier alpha value is -2.88. The summed E-state index contributed by atoms with van der Waals surface area (Å²) in [6.45, 7) is 5.51. The number of hydrogen-bond acceptors (Lipinski definition) is 3. The van der Waals surface area contributed by atoms with Crippen molar-refractivity contribution in [3.8, 4) is 0 Å². The summed E-state index contributed by atoms with van der Waals surface area (Å²) in [5.41, 5.74) is 3.75. The van der Waals surface area contributed by atoms with E-state index in [4.69, 9.17) is 0 Å². The summed E-state index contributed by atoms with van der Waals surface area (Å²) < 4.78 is 0. The topological polar surface area (TPSA) is 54.0 Å². The Morgan fingerprint density at radius 1 is 1.04 bits per heavy atom. The molecule has 1 aromatic heterocycles. The van der Waals surface area contributed by atoms with Gasteiger partial charge in [0, 0.05) is 29.4 Å². The Bertz CT molecular complexity index is 887. The predicted octanol–water partition coefficient (Wildman–Crippen LogP) is 4.55. The number of benzene rings is 2. The van der Waals surface area contributed by atoms with Gasteiger partial charge in [-0.25, -0.2) is 4.98 Å². The molecule has 1 amide bonds. The number of hydrogen-bond donors (Lipinski definition) is 2. The number of aryl methyl sites for hydroxylation is 2. The molecule has 0 radical (unpaired) electrons. The minimum absolute atomic E-state index is 0.0843. The third-order valence-corrected chi connectivity index (χ3v) is 3.68. The second-order valence-electron chi connectivity index (χ2n) is 5.67. The first-order valence-electron chi connectivity index (χ1n) is 7.54. The van der Waals surface area contributed by atoms with Crippen LogP contribution < -0.4 is 10.6 Å². The summed E-state index contributed by atoms with van der Waals surface area (Å²) >= 11 is 0. The Morgan fingerprint density at radius 2 is 1.83 bits per heavy atom. The van der Waals surface area contributed by atoms with Crippen molar-refractivity contribution in [2.24, 2.45) is 0 Å². The van der Waals surface area contributed by atoms with Gasteiger partial charge in [0.05, 0.1) is 0 Å². The molecule has 0 bridgehead atoms. The Balaban J connectivity index is 2.03. The lowest BCUT2D eigenvalue weighted by Crippen LogP contribution is -2.06. The molecule has 116 valence electrons. The van der Waals surface area contributed by atoms with E-state index in [9.17, 15) is 4.79 Å². The van der Waals surface area contributed by atoms with Crippen molar-refractivity contribution in [1.82, 2.24) is 4.98 Å². The zero-order chi connectivity index (χ0) is 16.4. The van der Waals surface area contributed by atoms with Crippen LogP contribution in [0.15, 0.2) is 48.5 Å². The van der Waals surface area contributed by atoms with Gasteiger partial charge in [-0.15, -0.1) is 0 Å². The Labute approximate surface area is 135 Å². The number of anilines is 3. The van der Waals surface area contributed by atoms with Crippen LogP contribution in [0.5, 0.6) is 0 Å². The molecule has 0 atom stereocenters. The number of rotatable bonds is 3. The van der Waals surface area contributed by atoms with E-state index in [0.717, 1.165) is 39.2 Å². The molecular weight excluding hydrogens is 286 g/mol. The second-order valence-corrected chi connectivity index (χ2v) is 5.67. The molecule has 0 spiro atoms. The van der Waals surface area contributed by atoms with E-state index in [2.05, 4.69) is 33.8 Å². The summed E-state index contributed by atoms with van der Waals surface area (Å²) in [7, 11) is 0. The number of amides is 1. The van der Waals surface area contributed by atoms with Crippen LogP contribution >= 0.6 is 0 Å². The van der Waals surface area contributed by atoms with Crippen LogP contribution in [0.2, 0.25) is 0 Å². The van der Waals surface area contributed by atoms with Crippen LogP contribution in [0.1, 0.15) is 18.2 Å². The molecule has 0 saturated heterocycles. The van der Waals surface area contributed by atoms with Crippen LogP contribution in [0, 0.1) is 13.8 Å². The van der Waals surface area contributed by atoms with Gasteiger partial charge >= 0.3 is 0 Å². The number of fused-ring (bicyclic) bond motifs is 1. The van der Waals surface area contributed by atoms with Crippen LogP contribution in [0.3, 0.4) is 0 Å². The molecule has 0 aliphatic carbocycles. The zero-order valence-electron chi connectivity index (χ0n) is 13.5. The van der Waals surface area contributed by atoms with E-state index in [1.165, 1.54) is 6.92 Å². The maximum absolute atomic E-state index is 11.2.